The van der Waals surface area contributed by atoms with E-state index in [-0.39, 0.29) is 35.7 Å². The molecule has 0 spiro atoms. The molecule has 1 unspecified atom stereocenters. The van der Waals surface area contributed by atoms with Gasteiger partial charge in [0.1, 0.15) is 11.4 Å². The molecule has 2 amide bonds. The minimum absolute atomic E-state index is 0.0317. The Kier molecular flexibility index (Phi) is 8.29. The molecule has 11 heteroatoms. The summed E-state index contributed by atoms with van der Waals surface area (Å²) in [6, 6.07) is 11.1. The highest BCUT2D eigenvalue weighted by atomic mass is 32.2. The maximum atomic E-state index is 13.4. The summed E-state index contributed by atoms with van der Waals surface area (Å²) >= 11 is 1.48. The number of hydrogen-bond acceptors (Lipinski definition) is 7. The fourth-order valence-corrected chi connectivity index (χ4v) is 5.49. The Bertz CT molecular complexity index is 1540. The van der Waals surface area contributed by atoms with Gasteiger partial charge in [0.05, 0.1) is 29.7 Å². The lowest BCUT2D eigenvalue weighted by atomic mass is 10.0. The van der Waals surface area contributed by atoms with Crippen molar-refractivity contribution in [1.29, 1.82) is 0 Å². The molecule has 0 bridgehead atoms. The number of pyridine rings is 1. The second-order valence-corrected chi connectivity index (χ2v) is 12.4. The van der Waals surface area contributed by atoms with Crippen LogP contribution in [0.3, 0.4) is 0 Å². The summed E-state index contributed by atoms with van der Waals surface area (Å²) in [7, 11) is -3.32. The van der Waals surface area contributed by atoms with Crippen LogP contribution in [-0.4, -0.2) is 53.6 Å². The monoisotopic (exact) mass is 554 g/mol. The number of aromatic nitrogens is 2. The number of imidazole rings is 1. The smallest absolute Gasteiger partial charge is 0.270 e. The normalized spacial score (nSPS) is 12.6. The molecular weight excluding hydrogens is 524 g/mol. The Morgan fingerprint density at radius 1 is 1.13 bits per heavy atom. The minimum atomic E-state index is -3.32. The van der Waals surface area contributed by atoms with Crippen LogP contribution < -0.4 is 10.6 Å². The number of aliphatic hydroxyl groups is 1. The molecule has 0 saturated heterocycles. The number of sulfone groups is 1. The summed E-state index contributed by atoms with van der Waals surface area (Å²) in [5.74, 6) is -0.392. The number of amides is 2. The average Bonchev–Trinajstić information content (AvgIpc) is 3.51. The third-order valence-corrected chi connectivity index (χ3v) is 7.77. The summed E-state index contributed by atoms with van der Waals surface area (Å²) < 4.78 is 25.0. The number of carbonyl (C=O) groups is 2. The van der Waals surface area contributed by atoms with E-state index in [0.717, 1.165) is 11.8 Å². The number of rotatable bonds is 10. The van der Waals surface area contributed by atoms with E-state index in [1.165, 1.54) is 23.5 Å². The SMILES string of the molecule is CC(C)CC(CO)NC(=O)c1c(-c2ccsc2)nc2c(NC(=O)Cc3ccc(S(C)(=O)=O)cc3)cccn12. The molecule has 4 aromatic rings. The fraction of sp³-hybridized carbons (Fsp3) is 0.296. The number of nitrogens with one attached hydrogen (secondary N) is 2. The van der Waals surface area contributed by atoms with Crippen molar-refractivity contribution >= 4 is 44.3 Å². The van der Waals surface area contributed by atoms with E-state index < -0.39 is 15.9 Å². The Morgan fingerprint density at radius 3 is 2.47 bits per heavy atom. The van der Waals surface area contributed by atoms with E-state index >= 15 is 0 Å². The maximum Gasteiger partial charge on any atom is 0.270 e. The first kappa shape index (κ1) is 27.5. The quantitative estimate of drug-likeness (QED) is 0.274. The number of anilines is 1. The standard InChI is InChI=1S/C27H30N4O5S2/c1-17(2)13-20(15-32)28-27(34)25-24(19-10-12-37-16-19)30-26-22(5-4-11-31(25)26)29-23(33)14-18-6-8-21(9-7-18)38(3,35)36/h4-12,16-17,20,32H,13-15H2,1-3H3,(H,28,34)(H,29,33). The molecule has 1 atom stereocenters. The van der Waals surface area contributed by atoms with Gasteiger partial charge in [0, 0.05) is 23.4 Å². The summed E-state index contributed by atoms with van der Waals surface area (Å²) in [6.07, 6.45) is 3.50. The topological polar surface area (TPSA) is 130 Å². The number of fused-ring (bicyclic) bond motifs is 1. The van der Waals surface area contributed by atoms with Gasteiger partial charge in [-0.15, -0.1) is 0 Å². The van der Waals surface area contributed by atoms with Crippen molar-refractivity contribution in [2.24, 2.45) is 5.92 Å². The highest BCUT2D eigenvalue weighted by molar-refractivity contribution is 7.90. The zero-order chi connectivity index (χ0) is 27.4. The summed E-state index contributed by atoms with van der Waals surface area (Å²) in [4.78, 5) is 31.2. The van der Waals surface area contributed by atoms with Gasteiger partial charge in [-0.05, 0) is 53.6 Å². The average molecular weight is 555 g/mol. The van der Waals surface area contributed by atoms with E-state index in [9.17, 15) is 23.1 Å². The number of thiophene rings is 1. The first-order valence-electron chi connectivity index (χ1n) is 12.1. The molecule has 3 N–H and O–H groups in total. The van der Waals surface area contributed by atoms with Crippen LogP contribution in [0.5, 0.6) is 0 Å². The highest BCUT2D eigenvalue weighted by Crippen LogP contribution is 2.29. The summed E-state index contributed by atoms with van der Waals surface area (Å²) in [6.45, 7) is 3.87. The Hall–Kier alpha value is -3.54. The number of hydrogen-bond donors (Lipinski definition) is 3. The zero-order valence-corrected chi connectivity index (χ0v) is 23.0. The van der Waals surface area contributed by atoms with Crippen LogP contribution in [0.2, 0.25) is 0 Å². The van der Waals surface area contributed by atoms with Gasteiger partial charge in [-0.25, -0.2) is 13.4 Å². The summed E-state index contributed by atoms with van der Waals surface area (Å²) in [5.41, 5.74) is 3.06. The van der Waals surface area contributed by atoms with Crippen molar-refractivity contribution in [3.05, 3.63) is 70.7 Å². The molecule has 0 radical (unpaired) electrons. The third-order valence-electron chi connectivity index (χ3n) is 5.96. The van der Waals surface area contributed by atoms with Crippen LogP contribution in [0.25, 0.3) is 16.9 Å². The minimum Gasteiger partial charge on any atom is -0.394 e. The van der Waals surface area contributed by atoms with Crippen molar-refractivity contribution in [2.75, 3.05) is 18.2 Å². The third kappa shape index (κ3) is 6.29. The second-order valence-electron chi connectivity index (χ2n) is 9.56. The van der Waals surface area contributed by atoms with E-state index in [2.05, 4.69) is 10.6 Å². The van der Waals surface area contributed by atoms with E-state index in [1.54, 1.807) is 34.9 Å². The van der Waals surface area contributed by atoms with Crippen LogP contribution in [0.4, 0.5) is 5.69 Å². The van der Waals surface area contributed by atoms with Gasteiger partial charge in [-0.2, -0.15) is 11.3 Å². The van der Waals surface area contributed by atoms with Crippen molar-refractivity contribution in [3.8, 4) is 11.3 Å². The number of aliphatic hydroxyl groups excluding tert-OH is 1. The largest absolute Gasteiger partial charge is 0.394 e. The lowest BCUT2D eigenvalue weighted by molar-refractivity contribution is -0.115. The Balaban J connectivity index is 1.64. The highest BCUT2D eigenvalue weighted by Gasteiger charge is 2.25. The van der Waals surface area contributed by atoms with Crippen LogP contribution in [0.1, 0.15) is 36.3 Å². The predicted molar refractivity (Wildman–Crippen MR) is 148 cm³/mol. The predicted octanol–water partition coefficient (Wildman–Crippen LogP) is 3.78. The van der Waals surface area contributed by atoms with Crippen molar-refractivity contribution in [2.45, 2.75) is 37.6 Å². The molecule has 38 heavy (non-hydrogen) atoms. The first-order valence-corrected chi connectivity index (χ1v) is 14.9. The van der Waals surface area contributed by atoms with Gasteiger partial charge in [-0.3, -0.25) is 14.0 Å². The molecule has 0 saturated carbocycles. The van der Waals surface area contributed by atoms with Crippen LogP contribution in [0, 0.1) is 5.92 Å². The van der Waals surface area contributed by atoms with Crippen LogP contribution in [-0.2, 0) is 21.1 Å². The molecule has 200 valence electrons. The number of carbonyl (C=O) groups excluding carboxylic acids is 2. The van der Waals surface area contributed by atoms with Crippen molar-refractivity contribution in [1.82, 2.24) is 14.7 Å². The fourth-order valence-electron chi connectivity index (χ4n) is 4.22. The first-order chi connectivity index (χ1) is 18.1. The molecule has 9 nitrogen and oxygen atoms in total. The number of nitrogens with zero attached hydrogens (tertiary/aromatic N) is 2. The number of benzene rings is 1. The molecular formula is C27H30N4O5S2. The van der Waals surface area contributed by atoms with E-state index in [1.807, 2.05) is 30.7 Å². The molecule has 3 aromatic heterocycles. The van der Waals surface area contributed by atoms with Gasteiger partial charge in [0.25, 0.3) is 5.91 Å². The Morgan fingerprint density at radius 2 is 1.87 bits per heavy atom. The molecule has 3 heterocycles. The maximum absolute atomic E-state index is 13.4. The Labute approximate surface area is 225 Å². The molecule has 0 aliphatic rings. The van der Waals surface area contributed by atoms with Gasteiger partial charge in [-0.1, -0.05) is 26.0 Å². The van der Waals surface area contributed by atoms with E-state index in [0.29, 0.717) is 34.7 Å². The van der Waals surface area contributed by atoms with Gasteiger partial charge in [0.2, 0.25) is 5.91 Å². The molecule has 4 rings (SSSR count). The van der Waals surface area contributed by atoms with Gasteiger partial charge in [0.15, 0.2) is 15.5 Å². The van der Waals surface area contributed by atoms with Crippen molar-refractivity contribution in [3.63, 3.8) is 0 Å². The molecule has 0 aliphatic heterocycles. The second kappa shape index (κ2) is 11.5. The zero-order valence-electron chi connectivity index (χ0n) is 21.3. The molecule has 0 fully saturated rings. The summed E-state index contributed by atoms with van der Waals surface area (Å²) in [5, 5.41) is 19.4. The van der Waals surface area contributed by atoms with E-state index in [4.69, 9.17) is 4.98 Å². The molecule has 1 aromatic carbocycles. The van der Waals surface area contributed by atoms with Crippen LogP contribution >= 0.6 is 11.3 Å². The van der Waals surface area contributed by atoms with Crippen molar-refractivity contribution < 1.29 is 23.1 Å². The van der Waals surface area contributed by atoms with Gasteiger partial charge < -0.3 is 15.7 Å². The lowest BCUT2D eigenvalue weighted by Crippen LogP contribution is -2.39. The van der Waals surface area contributed by atoms with Gasteiger partial charge >= 0.3 is 0 Å². The lowest BCUT2D eigenvalue weighted by Gasteiger charge is -2.18. The van der Waals surface area contributed by atoms with Crippen LogP contribution in [0.15, 0.2) is 64.3 Å². The molecule has 0 aliphatic carbocycles.